The number of aliphatic carboxylic acids is 1. The second kappa shape index (κ2) is 1.97. The van der Waals surface area contributed by atoms with Gasteiger partial charge < -0.3 is 5.11 Å². The standard InChI is InChI=1S/C6H9FO2/c7-6(3-4-6)2-1-5(8)9/h1-4H2,(H,8,9). The molecule has 0 aliphatic heterocycles. The van der Waals surface area contributed by atoms with Crippen LogP contribution in [-0.4, -0.2) is 16.7 Å². The number of hydrogen-bond donors (Lipinski definition) is 1. The van der Waals surface area contributed by atoms with E-state index in [4.69, 9.17) is 5.11 Å². The van der Waals surface area contributed by atoms with Crippen molar-refractivity contribution in [2.45, 2.75) is 31.4 Å². The third-order valence-corrected chi connectivity index (χ3v) is 1.58. The Labute approximate surface area is 52.7 Å². The summed E-state index contributed by atoms with van der Waals surface area (Å²) in [5, 5.41) is 8.14. The molecule has 0 heterocycles. The van der Waals surface area contributed by atoms with Gasteiger partial charge in [-0.1, -0.05) is 0 Å². The predicted octanol–water partition coefficient (Wildman–Crippen LogP) is 1.35. The van der Waals surface area contributed by atoms with E-state index in [2.05, 4.69) is 0 Å². The van der Waals surface area contributed by atoms with E-state index >= 15 is 0 Å². The van der Waals surface area contributed by atoms with E-state index < -0.39 is 11.6 Å². The molecule has 1 rings (SSSR count). The number of alkyl halides is 1. The van der Waals surface area contributed by atoms with Crippen LogP contribution in [0.25, 0.3) is 0 Å². The molecule has 52 valence electrons. The Morgan fingerprint density at radius 1 is 1.67 bits per heavy atom. The third kappa shape index (κ3) is 2.00. The molecule has 1 aliphatic rings. The highest BCUT2D eigenvalue weighted by Crippen LogP contribution is 2.43. The SMILES string of the molecule is O=C(O)CCC1(F)CC1. The van der Waals surface area contributed by atoms with Gasteiger partial charge in [-0.15, -0.1) is 0 Å². The second-order valence-electron chi connectivity index (χ2n) is 2.54. The average Bonchev–Trinajstić information content (AvgIpc) is 2.45. The third-order valence-electron chi connectivity index (χ3n) is 1.58. The lowest BCUT2D eigenvalue weighted by atomic mass is 10.2. The van der Waals surface area contributed by atoms with Crippen LogP contribution in [-0.2, 0) is 4.79 Å². The van der Waals surface area contributed by atoms with Crippen molar-refractivity contribution in [1.82, 2.24) is 0 Å². The van der Waals surface area contributed by atoms with E-state index in [-0.39, 0.29) is 12.8 Å². The van der Waals surface area contributed by atoms with Gasteiger partial charge >= 0.3 is 5.97 Å². The lowest BCUT2D eigenvalue weighted by Crippen LogP contribution is -2.03. The average molecular weight is 132 g/mol. The molecule has 0 bridgehead atoms. The van der Waals surface area contributed by atoms with Crippen LogP contribution >= 0.6 is 0 Å². The Kier molecular flexibility index (Phi) is 1.43. The summed E-state index contributed by atoms with van der Waals surface area (Å²) < 4.78 is 12.6. The van der Waals surface area contributed by atoms with Crippen molar-refractivity contribution in [2.24, 2.45) is 0 Å². The van der Waals surface area contributed by atoms with Gasteiger partial charge in [0.1, 0.15) is 5.67 Å². The highest BCUT2D eigenvalue weighted by molar-refractivity contribution is 5.66. The first-order valence-electron chi connectivity index (χ1n) is 3.03. The molecule has 0 aromatic heterocycles. The first kappa shape index (κ1) is 6.52. The molecule has 0 aromatic carbocycles. The van der Waals surface area contributed by atoms with Gasteiger partial charge in [0.2, 0.25) is 0 Å². The molecular weight excluding hydrogens is 123 g/mol. The van der Waals surface area contributed by atoms with Crippen LogP contribution in [0.2, 0.25) is 0 Å². The topological polar surface area (TPSA) is 37.3 Å². The maximum Gasteiger partial charge on any atom is 0.303 e. The van der Waals surface area contributed by atoms with Crippen LogP contribution in [0.4, 0.5) is 4.39 Å². The van der Waals surface area contributed by atoms with Crippen LogP contribution in [0.15, 0.2) is 0 Å². The maximum absolute atomic E-state index is 12.6. The van der Waals surface area contributed by atoms with Crippen molar-refractivity contribution >= 4 is 5.97 Å². The molecule has 0 atom stereocenters. The van der Waals surface area contributed by atoms with Gasteiger partial charge in [-0.25, -0.2) is 4.39 Å². The minimum atomic E-state index is -1.10. The quantitative estimate of drug-likeness (QED) is 0.629. The number of hydrogen-bond acceptors (Lipinski definition) is 1. The largest absolute Gasteiger partial charge is 0.481 e. The Hall–Kier alpha value is -0.600. The fourth-order valence-electron chi connectivity index (χ4n) is 0.717. The van der Waals surface area contributed by atoms with Crippen LogP contribution in [0.1, 0.15) is 25.7 Å². The van der Waals surface area contributed by atoms with Gasteiger partial charge in [0.05, 0.1) is 0 Å². The van der Waals surface area contributed by atoms with Gasteiger partial charge in [0.25, 0.3) is 0 Å². The number of rotatable bonds is 3. The normalized spacial score (nSPS) is 21.4. The summed E-state index contributed by atoms with van der Waals surface area (Å²) in [6, 6.07) is 0. The number of halogens is 1. The van der Waals surface area contributed by atoms with Crippen LogP contribution < -0.4 is 0 Å². The smallest absolute Gasteiger partial charge is 0.303 e. The zero-order valence-corrected chi connectivity index (χ0v) is 5.06. The van der Waals surface area contributed by atoms with E-state index in [1.165, 1.54) is 0 Å². The van der Waals surface area contributed by atoms with Crippen molar-refractivity contribution in [3.05, 3.63) is 0 Å². The van der Waals surface area contributed by atoms with E-state index in [0.29, 0.717) is 12.8 Å². The zero-order valence-electron chi connectivity index (χ0n) is 5.06. The summed E-state index contributed by atoms with van der Waals surface area (Å²) in [4.78, 5) is 9.91. The molecular formula is C6H9FO2. The molecule has 2 nitrogen and oxygen atoms in total. The van der Waals surface area contributed by atoms with Gasteiger partial charge in [-0.05, 0) is 19.3 Å². The molecule has 0 unspecified atom stereocenters. The van der Waals surface area contributed by atoms with Gasteiger partial charge in [0, 0.05) is 6.42 Å². The zero-order chi connectivity index (χ0) is 6.91. The summed E-state index contributed by atoms with van der Waals surface area (Å²) in [6.07, 6.45) is 1.28. The van der Waals surface area contributed by atoms with Crippen molar-refractivity contribution in [3.63, 3.8) is 0 Å². The molecule has 1 aliphatic carbocycles. The van der Waals surface area contributed by atoms with Gasteiger partial charge in [0.15, 0.2) is 0 Å². The van der Waals surface area contributed by atoms with Crippen LogP contribution in [0.5, 0.6) is 0 Å². The molecule has 0 saturated heterocycles. The fourth-order valence-corrected chi connectivity index (χ4v) is 0.717. The van der Waals surface area contributed by atoms with E-state index in [9.17, 15) is 9.18 Å². The first-order chi connectivity index (χ1) is 4.12. The van der Waals surface area contributed by atoms with Crippen molar-refractivity contribution < 1.29 is 14.3 Å². The number of carbonyl (C=O) groups is 1. The highest BCUT2D eigenvalue weighted by Gasteiger charge is 2.42. The van der Waals surface area contributed by atoms with E-state index in [1.54, 1.807) is 0 Å². The Morgan fingerprint density at radius 2 is 2.22 bits per heavy atom. The number of carboxylic acid groups (broad SMARTS) is 1. The van der Waals surface area contributed by atoms with Gasteiger partial charge in [-0.3, -0.25) is 4.79 Å². The molecule has 1 saturated carbocycles. The molecule has 9 heavy (non-hydrogen) atoms. The molecule has 3 heteroatoms. The Bertz CT molecular complexity index is 129. The molecule has 1 fully saturated rings. The summed E-state index contributed by atoms with van der Waals surface area (Å²) >= 11 is 0. The lowest BCUT2D eigenvalue weighted by molar-refractivity contribution is -0.137. The first-order valence-corrected chi connectivity index (χ1v) is 3.03. The maximum atomic E-state index is 12.6. The summed E-state index contributed by atoms with van der Waals surface area (Å²) in [6.45, 7) is 0. The highest BCUT2D eigenvalue weighted by atomic mass is 19.1. The Balaban J connectivity index is 2.12. The predicted molar refractivity (Wildman–Crippen MR) is 29.9 cm³/mol. The van der Waals surface area contributed by atoms with Crippen LogP contribution in [0.3, 0.4) is 0 Å². The molecule has 0 radical (unpaired) electrons. The second-order valence-corrected chi connectivity index (χ2v) is 2.54. The molecule has 0 spiro atoms. The monoisotopic (exact) mass is 132 g/mol. The number of carboxylic acids is 1. The minimum Gasteiger partial charge on any atom is -0.481 e. The van der Waals surface area contributed by atoms with Crippen molar-refractivity contribution in [3.8, 4) is 0 Å². The summed E-state index contributed by atoms with van der Waals surface area (Å²) in [5.74, 6) is -0.904. The minimum absolute atomic E-state index is 0.0313. The molecule has 0 aromatic rings. The van der Waals surface area contributed by atoms with E-state index in [0.717, 1.165) is 0 Å². The van der Waals surface area contributed by atoms with E-state index in [1.807, 2.05) is 0 Å². The van der Waals surface area contributed by atoms with Gasteiger partial charge in [-0.2, -0.15) is 0 Å². The fraction of sp³-hybridized carbons (Fsp3) is 0.833. The Morgan fingerprint density at radius 3 is 2.56 bits per heavy atom. The molecule has 0 amide bonds. The van der Waals surface area contributed by atoms with Crippen LogP contribution in [0, 0.1) is 0 Å². The van der Waals surface area contributed by atoms with Crippen molar-refractivity contribution in [1.29, 1.82) is 0 Å². The molecule has 1 N–H and O–H groups in total. The lowest BCUT2D eigenvalue weighted by Gasteiger charge is -1.98. The summed E-state index contributed by atoms with van der Waals surface area (Å²) in [5.41, 5.74) is -1.10. The summed E-state index contributed by atoms with van der Waals surface area (Å²) in [7, 11) is 0. The van der Waals surface area contributed by atoms with Crippen molar-refractivity contribution in [2.75, 3.05) is 0 Å².